The SMILES string of the molecule is Nc1cccc(C(=O)NC2CCNC2)c1. The van der Waals surface area contributed by atoms with Gasteiger partial charge in [0, 0.05) is 23.8 Å². The van der Waals surface area contributed by atoms with Crippen LogP contribution in [0.25, 0.3) is 0 Å². The summed E-state index contributed by atoms with van der Waals surface area (Å²) in [5.74, 6) is -0.0454. The molecule has 2 rings (SSSR count). The van der Waals surface area contributed by atoms with E-state index in [0.717, 1.165) is 19.5 Å². The Morgan fingerprint density at radius 2 is 2.40 bits per heavy atom. The van der Waals surface area contributed by atoms with Gasteiger partial charge in [-0.3, -0.25) is 4.79 Å². The first-order chi connectivity index (χ1) is 7.25. The van der Waals surface area contributed by atoms with Gasteiger partial charge in [0.1, 0.15) is 0 Å². The highest BCUT2D eigenvalue weighted by Crippen LogP contribution is 2.07. The van der Waals surface area contributed by atoms with Gasteiger partial charge in [0.2, 0.25) is 0 Å². The minimum Gasteiger partial charge on any atom is -0.399 e. The molecule has 4 heteroatoms. The quantitative estimate of drug-likeness (QED) is 0.611. The van der Waals surface area contributed by atoms with E-state index in [4.69, 9.17) is 5.73 Å². The van der Waals surface area contributed by atoms with Crippen LogP contribution in [0.4, 0.5) is 5.69 Å². The zero-order valence-electron chi connectivity index (χ0n) is 8.49. The summed E-state index contributed by atoms with van der Waals surface area (Å²) in [4.78, 5) is 11.8. The van der Waals surface area contributed by atoms with Crippen LogP contribution in [0, 0.1) is 0 Å². The molecule has 1 heterocycles. The first-order valence-electron chi connectivity index (χ1n) is 5.13. The zero-order chi connectivity index (χ0) is 10.7. The van der Waals surface area contributed by atoms with E-state index in [-0.39, 0.29) is 11.9 Å². The van der Waals surface area contributed by atoms with Crippen molar-refractivity contribution in [3.05, 3.63) is 29.8 Å². The summed E-state index contributed by atoms with van der Waals surface area (Å²) in [7, 11) is 0. The Labute approximate surface area is 88.9 Å². The molecule has 4 N–H and O–H groups in total. The van der Waals surface area contributed by atoms with E-state index in [1.165, 1.54) is 0 Å². The number of rotatable bonds is 2. The molecule has 1 fully saturated rings. The standard InChI is InChI=1S/C11H15N3O/c12-9-3-1-2-8(6-9)11(15)14-10-4-5-13-7-10/h1-3,6,10,13H,4-5,7,12H2,(H,14,15). The van der Waals surface area contributed by atoms with E-state index < -0.39 is 0 Å². The second-order valence-electron chi connectivity index (χ2n) is 3.79. The summed E-state index contributed by atoms with van der Waals surface area (Å²) in [6.07, 6.45) is 0.994. The Hall–Kier alpha value is -1.55. The van der Waals surface area contributed by atoms with Crippen LogP contribution in [0.5, 0.6) is 0 Å². The van der Waals surface area contributed by atoms with Gasteiger partial charge in [-0.05, 0) is 31.2 Å². The molecule has 1 aliphatic rings. The van der Waals surface area contributed by atoms with Gasteiger partial charge in [0.25, 0.3) is 5.91 Å². The number of nitrogens with two attached hydrogens (primary N) is 1. The van der Waals surface area contributed by atoms with Crippen LogP contribution in [0.1, 0.15) is 16.8 Å². The van der Waals surface area contributed by atoms with Gasteiger partial charge in [0.05, 0.1) is 0 Å². The van der Waals surface area contributed by atoms with E-state index in [0.29, 0.717) is 11.3 Å². The number of amides is 1. The summed E-state index contributed by atoms with van der Waals surface area (Å²) in [6.45, 7) is 1.83. The third kappa shape index (κ3) is 2.47. The fourth-order valence-corrected chi connectivity index (χ4v) is 1.73. The molecule has 1 aromatic carbocycles. The van der Waals surface area contributed by atoms with Crippen molar-refractivity contribution in [3.63, 3.8) is 0 Å². The lowest BCUT2D eigenvalue weighted by Gasteiger charge is -2.11. The average Bonchev–Trinajstić information content (AvgIpc) is 2.70. The third-order valence-electron chi connectivity index (χ3n) is 2.54. The molecular formula is C11H15N3O. The Morgan fingerprint density at radius 1 is 1.53 bits per heavy atom. The zero-order valence-corrected chi connectivity index (χ0v) is 8.49. The molecule has 0 aliphatic carbocycles. The normalized spacial score (nSPS) is 20.1. The van der Waals surface area contributed by atoms with E-state index in [2.05, 4.69) is 10.6 Å². The van der Waals surface area contributed by atoms with E-state index in [9.17, 15) is 4.79 Å². The molecule has 1 unspecified atom stereocenters. The van der Waals surface area contributed by atoms with Crippen molar-refractivity contribution in [2.24, 2.45) is 0 Å². The summed E-state index contributed by atoms with van der Waals surface area (Å²) in [5.41, 5.74) is 6.86. The van der Waals surface area contributed by atoms with Gasteiger partial charge in [-0.1, -0.05) is 6.07 Å². The van der Waals surface area contributed by atoms with Crippen LogP contribution in [-0.2, 0) is 0 Å². The number of hydrogen-bond donors (Lipinski definition) is 3. The Kier molecular flexibility index (Phi) is 2.87. The molecule has 0 radical (unpaired) electrons. The molecule has 0 aromatic heterocycles. The number of anilines is 1. The Morgan fingerprint density at radius 3 is 3.07 bits per heavy atom. The van der Waals surface area contributed by atoms with Gasteiger partial charge in [0.15, 0.2) is 0 Å². The topological polar surface area (TPSA) is 67.2 Å². The molecule has 1 aromatic rings. The molecule has 1 amide bonds. The first-order valence-corrected chi connectivity index (χ1v) is 5.13. The molecule has 15 heavy (non-hydrogen) atoms. The van der Waals surface area contributed by atoms with Crippen molar-refractivity contribution in [2.75, 3.05) is 18.8 Å². The largest absolute Gasteiger partial charge is 0.399 e. The first kappa shape index (κ1) is 9.98. The fourth-order valence-electron chi connectivity index (χ4n) is 1.73. The van der Waals surface area contributed by atoms with Crippen LogP contribution in [0.3, 0.4) is 0 Å². The van der Waals surface area contributed by atoms with E-state index in [1.54, 1.807) is 24.3 Å². The number of nitrogens with one attached hydrogen (secondary N) is 2. The number of hydrogen-bond acceptors (Lipinski definition) is 3. The van der Waals surface area contributed by atoms with Crippen LogP contribution in [0.15, 0.2) is 24.3 Å². The van der Waals surface area contributed by atoms with Crippen molar-refractivity contribution in [1.29, 1.82) is 0 Å². The minimum atomic E-state index is -0.0454. The maximum Gasteiger partial charge on any atom is 0.251 e. The third-order valence-corrected chi connectivity index (χ3v) is 2.54. The Bertz CT molecular complexity index is 359. The van der Waals surface area contributed by atoms with Gasteiger partial charge in [-0.25, -0.2) is 0 Å². The van der Waals surface area contributed by atoms with Crippen molar-refractivity contribution in [1.82, 2.24) is 10.6 Å². The summed E-state index contributed by atoms with van der Waals surface area (Å²) in [6, 6.07) is 7.27. The van der Waals surface area contributed by atoms with Crippen LogP contribution in [-0.4, -0.2) is 25.0 Å². The van der Waals surface area contributed by atoms with Crippen molar-refractivity contribution >= 4 is 11.6 Å². The van der Waals surface area contributed by atoms with E-state index in [1.807, 2.05) is 0 Å². The van der Waals surface area contributed by atoms with Gasteiger partial charge >= 0.3 is 0 Å². The highest BCUT2D eigenvalue weighted by atomic mass is 16.1. The molecule has 0 bridgehead atoms. The summed E-state index contributed by atoms with van der Waals surface area (Å²) in [5, 5.41) is 6.17. The monoisotopic (exact) mass is 205 g/mol. The smallest absolute Gasteiger partial charge is 0.251 e. The van der Waals surface area contributed by atoms with E-state index >= 15 is 0 Å². The lowest BCUT2D eigenvalue weighted by atomic mass is 10.1. The van der Waals surface area contributed by atoms with Gasteiger partial charge in [-0.15, -0.1) is 0 Å². The fraction of sp³-hybridized carbons (Fsp3) is 0.364. The summed E-state index contributed by atoms with van der Waals surface area (Å²) < 4.78 is 0. The lowest BCUT2D eigenvalue weighted by molar-refractivity contribution is 0.0940. The van der Waals surface area contributed by atoms with Crippen LogP contribution < -0.4 is 16.4 Å². The van der Waals surface area contributed by atoms with Crippen LogP contribution >= 0.6 is 0 Å². The lowest BCUT2D eigenvalue weighted by Crippen LogP contribution is -2.36. The van der Waals surface area contributed by atoms with Gasteiger partial charge in [-0.2, -0.15) is 0 Å². The Balaban J connectivity index is 2.01. The summed E-state index contributed by atoms with van der Waals surface area (Å²) >= 11 is 0. The van der Waals surface area contributed by atoms with Crippen LogP contribution in [0.2, 0.25) is 0 Å². The molecule has 1 aliphatic heterocycles. The van der Waals surface area contributed by atoms with Crippen molar-refractivity contribution in [2.45, 2.75) is 12.5 Å². The predicted octanol–water partition coefficient (Wildman–Crippen LogP) is 0.361. The molecule has 1 atom stereocenters. The number of nitrogen functional groups attached to an aromatic ring is 1. The van der Waals surface area contributed by atoms with Gasteiger partial charge < -0.3 is 16.4 Å². The molecule has 4 nitrogen and oxygen atoms in total. The number of benzene rings is 1. The maximum atomic E-state index is 11.8. The second-order valence-corrected chi connectivity index (χ2v) is 3.79. The van der Waals surface area contributed by atoms with Crippen molar-refractivity contribution in [3.8, 4) is 0 Å². The minimum absolute atomic E-state index is 0.0454. The highest BCUT2D eigenvalue weighted by molar-refractivity contribution is 5.95. The molecule has 80 valence electrons. The van der Waals surface area contributed by atoms with Crippen molar-refractivity contribution < 1.29 is 4.79 Å². The number of carbonyl (C=O) groups is 1. The molecule has 1 saturated heterocycles. The highest BCUT2D eigenvalue weighted by Gasteiger charge is 2.17. The second kappa shape index (κ2) is 4.31. The number of carbonyl (C=O) groups excluding carboxylic acids is 1. The maximum absolute atomic E-state index is 11.8. The molecule has 0 saturated carbocycles. The average molecular weight is 205 g/mol. The predicted molar refractivity (Wildman–Crippen MR) is 59.6 cm³/mol. The molecule has 0 spiro atoms. The molecular weight excluding hydrogens is 190 g/mol.